The van der Waals surface area contributed by atoms with Gasteiger partial charge < -0.3 is 9.72 Å². The predicted octanol–water partition coefficient (Wildman–Crippen LogP) is 2.86. The summed E-state index contributed by atoms with van der Waals surface area (Å²) in [6.07, 6.45) is 9.58. The average Bonchev–Trinajstić information content (AvgIpc) is 2.95. The fourth-order valence-electron chi connectivity index (χ4n) is 2.06. The smallest absolute Gasteiger partial charge is 0.205 e. The van der Waals surface area contributed by atoms with E-state index in [1.54, 1.807) is 13.2 Å². The number of carbonyl (C=O) groups is 1. The monoisotopic (exact) mass is 279 g/mol. The van der Waals surface area contributed by atoms with Crippen molar-refractivity contribution in [1.29, 1.82) is 0 Å². The second-order valence-corrected chi connectivity index (χ2v) is 4.44. The molecule has 2 aromatic heterocycles. The highest BCUT2D eigenvalue weighted by atomic mass is 16.5. The number of benzene rings is 1. The molecule has 2 heterocycles. The molecule has 0 saturated heterocycles. The van der Waals surface area contributed by atoms with Gasteiger partial charge >= 0.3 is 0 Å². The summed E-state index contributed by atoms with van der Waals surface area (Å²) < 4.78 is 5.22. The molecule has 0 aliphatic carbocycles. The lowest BCUT2D eigenvalue weighted by Gasteiger charge is -1.99. The van der Waals surface area contributed by atoms with Crippen LogP contribution in [-0.2, 0) is 0 Å². The van der Waals surface area contributed by atoms with Gasteiger partial charge in [-0.3, -0.25) is 9.78 Å². The van der Waals surface area contributed by atoms with Crippen LogP contribution >= 0.6 is 0 Å². The van der Waals surface area contributed by atoms with Crippen molar-refractivity contribution in [2.45, 2.75) is 0 Å². The predicted molar refractivity (Wildman–Crippen MR) is 80.2 cm³/mol. The van der Waals surface area contributed by atoms with Crippen LogP contribution in [0.25, 0.3) is 17.0 Å². The zero-order valence-electron chi connectivity index (χ0n) is 11.4. The summed E-state index contributed by atoms with van der Waals surface area (Å²) in [5.41, 5.74) is 2.23. The third-order valence-electron chi connectivity index (χ3n) is 3.15. The van der Waals surface area contributed by atoms with E-state index < -0.39 is 0 Å². The van der Waals surface area contributed by atoms with Gasteiger partial charge in [-0.25, -0.2) is 4.98 Å². The molecule has 0 saturated carbocycles. The summed E-state index contributed by atoms with van der Waals surface area (Å²) in [5, 5.41) is 0.998. The van der Waals surface area contributed by atoms with Crippen LogP contribution in [0.1, 0.15) is 16.1 Å². The number of methoxy groups -OCH3 is 1. The van der Waals surface area contributed by atoms with Crippen molar-refractivity contribution < 1.29 is 9.53 Å². The van der Waals surface area contributed by atoms with E-state index >= 15 is 0 Å². The van der Waals surface area contributed by atoms with Crippen LogP contribution in [0, 0.1) is 0 Å². The highest BCUT2D eigenvalue weighted by molar-refractivity contribution is 6.06. The first kappa shape index (κ1) is 13.1. The maximum atomic E-state index is 12.0. The van der Waals surface area contributed by atoms with Gasteiger partial charge in [-0.2, -0.15) is 0 Å². The summed E-state index contributed by atoms with van der Waals surface area (Å²) in [4.78, 5) is 23.0. The van der Waals surface area contributed by atoms with E-state index in [1.807, 2.05) is 24.4 Å². The lowest BCUT2D eigenvalue weighted by atomic mass is 10.1. The van der Waals surface area contributed by atoms with Crippen LogP contribution in [0.5, 0.6) is 5.75 Å². The summed E-state index contributed by atoms with van der Waals surface area (Å²) >= 11 is 0. The van der Waals surface area contributed by atoms with Gasteiger partial charge in [0.2, 0.25) is 5.78 Å². The largest absolute Gasteiger partial charge is 0.497 e. The van der Waals surface area contributed by atoms with E-state index in [4.69, 9.17) is 4.74 Å². The number of ether oxygens (including phenoxy) is 1. The molecule has 0 amide bonds. The number of carbonyl (C=O) groups excluding carboxylic acids is 1. The van der Waals surface area contributed by atoms with Crippen LogP contribution in [0.4, 0.5) is 0 Å². The van der Waals surface area contributed by atoms with Gasteiger partial charge in [-0.15, -0.1) is 0 Å². The quantitative estimate of drug-likeness (QED) is 0.589. The molecular formula is C16H13N3O2. The molecule has 104 valence electrons. The van der Waals surface area contributed by atoms with Crippen molar-refractivity contribution in [2.24, 2.45) is 0 Å². The molecule has 5 nitrogen and oxygen atoms in total. The number of nitrogens with one attached hydrogen (secondary N) is 1. The Morgan fingerprint density at radius 1 is 1.33 bits per heavy atom. The molecule has 0 aliphatic rings. The zero-order chi connectivity index (χ0) is 14.7. The molecule has 3 rings (SSSR count). The number of ketones is 1. The minimum Gasteiger partial charge on any atom is -0.497 e. The van der Waals surface area contributed by atoms with Crippen molar-refractivity contribution in [1.82, 2.24) is 15.0 Å². The topological polar surface area (TPSA) is 67.9 Å². The van der Waals surface area contributed by atoms with Crippen LogP contribution < -0.4 is 4.74 Å². The Morgan fingerprint density at radius 2 is 2.24 bits per heavy atom. The van der Waals surface area contributed by atoms with Gasteiger partial charge in [-0.1, -0.05) is 0 Å². The van der Waals surface area contributed by atoms with E-state index in [0.717, 1.165) is 22.2 Å². The molecule has 0 bridgehead atoms. The van der Waals surface area contributed by atoms with Gasteiger partial charge in [0.1, 0.15) is 11.4 Å². The number of aromatic nitrogens is 3. The number of aromatic amines is 1. The Hall–Kier alpha value is -2.95. The van der Waals surface area contributed by atoms with Crippen LogP contribution in [0.2, 0.25) is 0 Å². The number of rotatable bonds is 4. The molecular weight excluding hydrogens is 266 g/mol. The first-order valence-electron chi connectivity index (χ1n) is 6.41. The van der Waals surface area contributed by atoms with Gasteiger partial charge in [0.25, 0.3) is 0 Å². The molecule has 0 fully saturated rings. The first-order valence-corrected chi connectivity index (χ1v) is 6.41. The standard InChI is InChI=1S/C16H13N3O2/c1-21-12-3-4-14-13(8-12)11(9-19-14)2-5-16(20)15-10-17-6-7-18-15/h2-10,19H,1H3/b5-2+. The van der Waals surface area contributed by atoms with Crippen molar-refractivity contribution in [3.8, 4) is 5.75 Å². The lowest BCUT2D eigenvalue weighted by molar-refractivity contribution is 0.104. The molecule has 5 heteroatoms. The summed E-state index contributed by atoms with van der Waals surface area (Å²) in [5.74, 6) is 0.595. The minimum atomic E-state index is -0.180. The second kappa shape index (κ2) is 5.58. The Morgan fingerprint density at radius 3 is 3.00 bits per heavy atom. The van der Waals surface area contributed by atoms with E-state index in [0.29, 0.717) is 5.69 Å². The van der Waals surface area contributed by atoms with Crippen LogP contribution in [-0.4, -0.2) is 27.8 Å². The maximum absolute atomic E-state index is 12.0. The Kier molecular flexibility index (Phi) is 3.47. The fourth-order valence-corrected chi connectivity index (χ4v) is 2.06. The fraction of sp³-hybridized carbons (Fsp3) is 0.0625. The van der Waals surface area contributed by atoms with Gasteiger partial charge in [0, 0.05) is 35.1 Å². The molecule has 0 atom stereocenters. The zero-order valence-corrected chi connectivity index (χ0v) is 11.4. The van der Waals surface area contributed by atoms with Crippen LogP contribution in [0.3, 0.4) is 0 Å². The number of hydrogen-bond acceptors (Lipinski definition) is 4. The molecule has 1 aromatic carbocycles. The molecule has 0 radical (unpaired) electrons. The first-order chi connectivity index (χ1) is 10.3. The number of allylic oxidation sites excluding steroid dienone is 1. The summed E-state index contributed by atoms with van der Waals surface area (Å²) in [7, 11) is 1.63. The van der Waals surface area contributed by atoms with Gasteiger partial charge in [0.15, 0.2) is 0 Å². The second-order valence-electron chi connectivity index (χ2n) is 4.44. The number of fused-ring (bicyclic) bond motifs is 1. The molecule has 0 spiro atoms. The minimum absolute atomic E-state index is 0.180. The number of nitrogens with zero attached hydrogens (tertiary/aromatic N) is 2. The number of hydrogen-bond donors (Lipinski definition) is 1. The third-order valence-corrected chi connectivity index (χ3v) is 3.15. The maximum Gasteiger partial charge on any atom is 0.205 e. The summed E-state index contributed by atoms with van der Waals surface area (Å²) in [6, 6.07) is 5.76. The Balaban J connectivity index is 1.91. The van der Waals surface area contributed by atoms with Crippen LogP contribution in [0.15, 0.2) is 49.1 Å². The molecule has 3 aromatic rings. The van der Waals surface area contributed by atoms with Gasteiger partial charge in [-0.05, 0) is 30.4 Å². The SMILES string of the molecule is COc1ccc2[nH]cc(/C=C/C(=O)c3cnccn3)c2c1. The van der Waals surface area contributed by atoms with Crippen molar-refractivity contribution in [2.75, 3.05) is 7.11 Å². The van der Waals surface area contributed by atoms with Crippen molar-refractivity contribution in [3.63, 3.8) is 0 Å². The molecule has 21 heavy (non-hydrogen) atoms. The number of H-pyrrole nitrogens is 1. The van der Waals surface area contributed by atoms with E-state index in [2.05, 4.69) is 15.0 Å². The average molecular weight is 279 g/mol. The highest BCUT2D eigenvalue weighted by Gasteiger charge is 2.05. The highest BCUT2D eigenvalue weighted by Crippen LogP contribution is 2.24. The Bertz CT molecular complexity index is 807. The molecule has 0 unspecified atom stereocenters. The normalized spacial score (nSPS) is 11.1. The van der Waals surface area contributed by atoms with E-state index in [-0.39, 0.29) is 5.78 Å². The molecule has 1 N–H and O–H groups in total. The van der Waals surface area contributed by atoms with E-state index in [1.165, 1.54) is 24.7 Å². The van der Waals surface area contributed by atoms with E-state index in [9.17, 15) is 4.79 Å². The Labute approximate surface area is 121 Å². The summed E-state index contributed by atoms with van der Waals surface area (Å²) in [6.45, 7) is 0. The van der Waals surface area contributed by atoms with Crippen molar-refractivity contribution in [3.05, 3.63) is 60.3 Å². The molecule has 0 aliphatic heterocycles. The van der Waals surface area contributed by atoms with Gasteiger partial charge in [0.05, 0.1) is 13.3 Å². The third kappa shape index (κ3) is 2.67. The van der Waals surface area contributed by atoms with Crippen molar-refractivity contribution >= 4 is 22.8 Å². The lowest BCUT2D eigenvalue weighted by Crippen LogP contribution is -1.97.